The average Bonchev–Trinajstić information content (AvgIpc) is 3.34. The first-order valence-electron chi connectivity index (χ1n) is 20.4. The molecular weight excluding hydrogens is 1010 g/mol. The predicted octanol–water partition coefficient (Wildman–Crippen LogP) is 11.8. The minimum absolute atomic E-state index is 0. The molecule has 1 N–H and O–H groups in total. The summed E-state index contributed by atoms with van der Waals surface area (Å²) in [5.74, 6) is 0.481. The third kappa shape index (κ3) is 12.3. The van der Waals surface area contributed by atoms with Crippen LogP contribution in [0.4, 0.5) is 32.0 Å². The molecule has 372 valence electrons. The van der Waals surface area contributed by atoms with E-state index in [1.54, 1.807) is 79.0 Å². The van der Waals surface area contributed by atoms with E-state index in [2.05, 4.69) is 24.1 Å². The van der Waals surface area contributed by atoms with Gasteiger partial charge in [0, 0.05) is 34.3 Å². The Balaban J connectivity index is 0.000000181. The Labute approximate surface area is 410 Å². The van der Waals surface area contributed by atoms with Crippen LogP contribution in [0.1, 0.15) is 7.43 Å². The van der Waals surface area contributed by atoms with Crippen molar-refractivity contribution in [1.82, 2.24) is 19.9 Å². The van der Waals surface area contributed by atoms with Crippen LogP contribution in [0.2, 0.25) is 0 Å². The van der Waals surface area contributed by atoms with E-state index in [0.29, 0.717) is 39.7 Å². The molecular formula is C50H39F6N5O8S3. The molecule has 2 heterocycles. The summed E-state index contributed by atoms with van der Waals surface area (Å²) in [6, 6.07) is 49.6. The zero-order valence-corrected chi connectivity index (χ0v) is 38.9. The standard InChI is InChI=1S/C21H13F3N2O3S.C20H14N2O.C8H8F3NO4S2.CH4/c22-21(23,24)30(27,28)29-18-12-16(14-7-3-1-4-8-14)11-17-13-25-20(26-19(17)18)15-9-5-2-6-10-15;23-18-12-16(14-7-3-1-4-8-14)11-17-13-21-20(22-19(17)18)15-9-5-2-6-10-15;1-17(13,14)12(7-5-3-2-4-6-7)18(15,16)8(9,10)11;/h1-13H;1-13,23H;2-6H,1H3;1H4. The molecule has 2 aromatic heterocycles. The molecule has 0 radical (unpaired) electrons. The summed E-state index contributed by atoms with van der Waals surface area (Å²) in [5, 5.41) is 11.6. The average molecular weight is 1050 g/mol. The number of halogens is 6. The van der Waals surface area contributed by atoms with E-state index >= 15 is 0 Å². The van der Waals surface area contributed by atoms with Crippen LogP contribution < -0.4 is 7.89 Å². The normalized spacial score (nSPS) is 11.8. The molecule has 0 saturated heterocycles. The van der Waals surface area contributed by atoms with Gasteiger partial charge in [-0.3, -0.25) is 0 Å². The van der Waals surface area contributed by atoms with Gasteiger partial charge in [-0.15, -0.1) is 0 Å². The lowest BCUT2D eigenvalue weighted by Gasteiger charge is -2.22. The molecule has 0 fully saturated rings. The SMILES string of the molecule is C.CS(=O)(=O)N(c1ccccc1)S(=O)(=O)C(F)(F)F.O=S(=O)(Oc1cc(-c2ccccc2)cc2cnc(-c3ccccc3)nc12)C(F)(F)F.Oc1cc(-c2ccccc2)cc2cnc(-c3ccccc3)nc12. The maximum Gasteiger partial charge on any atom is 0.534 e. The summed E-state index contributed by atoms with van der Waals surface area (Å²) in [7, 11) is -16.5. The van der Waals surface area contributed by atoms with Crippen LogP contribution in [0.5, 0.6) is 11.5 Å². The van der Waals surface area contributed by atoms with Crippen molar-refractivity contribution in [2.45, 2.75) is 18.4 Å². The third-order valence-electron chi connectivity index (χ3n) is 9.85. The summed E-state index contributed by atoms with van der Waals surface area (Å²) in [6.07, 6.45) is 3.56. The number of benzene rings is 7. The summed E-state index contributed by atoms with van der Waals surface area (Å²) in [5.41, 5.74) is -6.66. The van der Waals surface area contributed by atoms with Gasteiger partial charge in [-0.2, -0.15) is 46.9 Å². The van der Waals surface area contributed by atoms with Crippen LogP contribution >= 0.6 is 0 Å². The zero-order valence-electron chi connectivity index (χ0n) is 36.4. The van der Waals surface area contributed by atoms with E-state index in [0.717, 1.165) is 34.2 Å². The lowest BCUT2D eigenvalue weighted by atomic mass is 10.0. The highest BCUT2D eigenvalue weighted by molar-refractivity contribution is 8.10. The smallest absolute Gasteiger partial charge is 0.506 e. The quantitative estimate of drug-likeness (QED) is 0.0820. The van der Waals surface area contributed by atoms with Crippen molar-refractivity contribution in [2.75, 3.05) is 9.97 Å². The highest BCUT2D eigenvalue weighted by atomic mass is 32.3. The molecule has 7 aromatic carbocycles. The van der Waals surface area contributed by atoms with Gasteiger partial charge >= 0.3 is 31.2 Å². The Morgan fingerprint density at radius 1 is 0.486 bits per heavy atom. The van der Waals surface area contributed by atoms with Gasteiger partial charge in [-0.05, 0) is 58.7 Å². The second kappa shape index (κ2) is 21.6. The highest BCUT2D eigenvalue weighted by Crippen LogP contribution is 2.37. The second-order valence-electron chi connectivity index (χ2n) is 14.9. The maximum atomic E-state index is 12.9. The van der Waals surface area contributed by atoms with E-state index in [-0.39, 0.29) is 24.5 Å². The summed E-state index contributed by atoms with van der Waals surface area (Å²) >= 11 is 0. The Morgan fingerprint density at radius 2 is 0.861 bits per heavy atom. The number of alkyl halides is 6. The van der Waals surface area contributed by atoms with Crippen molar-refractivity contribution in [2.24, 2.45) is 0 Å². The number of anilines is 1. The van der Waals surface area contributed by atoms with Crippen molar-refractivity contribution < 1.29 is 60.9 Å². The molecule has 0 bridgehead atoms. The number of sulfonamides is 2. The van der Waals surface area contributed by atoms with Crippen LogP contribution in [0.25, 0.3) is 66.8 Å². The van der Waals surface area contributed by atoms with Crippen LogP contribution in [0.15, 0.2) is 188 Å². The number of phenols is 1. The Morgan fingerprint density at radius 3 is 1.26 bits per heavy atom. The lowest BCUT2D eigenvalue weighted by Crippen LogP contribution is -2.44. The minimum atomic E-state index is -6.00. The van der Waals surface area contributed by atoms with Crippen molar-refractivity contribution in [3.8, 4) is 56.5 Å². The topological polar surface area (TPSA) is 187 Å². The summed E-state index contributed by atoms with van der Waals surface area (Å²) in [6.45, 7) is 0. The fourth-order valence-corrected chi connectivity index (χ4v) is 9.90. The van der Waals surface area contributed by atoms with Gasteiger partial charge in [-0.1, -0.05) is 147 Å². The molecule has 22 heteroatoms. The van der Waals surface area contributed by atoms with E-state index < -0.39 is 56.3 Å². The molecule has 72 heavy (non-hydrogen) atoms. The number of phenolic OH excluding ortho intramolecular Hbond substituents is 1. The van der Waals surface area contributed by atoms with Gasteiger partial charge in [0.05, 0.1) is 11.9 Å². The first-order chi connectivity index (χ1) is 33.5. The third-order valence-corrected chi connectivity index (χ3v) is 14.3. The minimum Gasteiger partial charge on any atom is -0.506 e. The van der Waals surface area contributed by atoms with Crippen LogP contribution in [0, 0.1) is 0 Å². The Hall–Kier alpha value is -7.95. The second-order valence-corrected chi connectivity index (χ2v) is 20.3. The van der Waals surface area contributed by atoms with Gasteiger partial charge in [-0.25, -0.2) is 28.4 Å². The number of aromatic hydroxyl groups is 1. The number of hydrogen-bond donors (Lipinski definition) is 1. The summed E-state index contributed by atoms with van der Waals surface area (Å²) < 4.78 is 148. The van der Waals surface area contributed by atoms with Crippen LogP contribution in [-0.2, 0) is 30.2 Å². The number of fused-ring (bicyclic) bond motifs is 2. The fourth-order valence-electron chi connectivity index (χ4n) is 6.67. The number of aromatic nitrogens is 4. The number of nitrogens with zero attached hydrogens (tertiary/aromatic N) is 5. The predicted molar refractivity (Wildman–Crippen MR) is 264 cm³/mol. The molecule has 9 aromatic rings. The van der Waals surface area contributed by atoms with E-state index in [9.17, 15) is 56.7 Å². The molecule has 0 spiro atoms. The first kappa shape index (κ1) is 53.4. The molecule has 0 aliphatic heterocycles. The van der Waals surface area contributed by atoms with Crippen LogP contribution in [0.3, 0.4) is 0 Å². The molecule has 0 unspecified atom stereocenters. The van der Waals surface area contributed by atoms with Crippen molar-refractivity contribution in [1.29, 1.82) is 0 Å². The maximum absolute atomic E-state index is 12.9. The fraction of sp³-hybridized carbons (Fsp3) is 0.0800. The number of para-hydroxylation sites is 1. The molecule has 0 atom stereocenters. The lowest BCUT2D eigenvalue weighted by molar-refractivity contribution is -0.0500. The molecule has 0 saturated carbocycles. The van der Waals surface area contributed by atoms with Gasteiger partial charge in [0.15, 0.2) is 17.4 Å². The van der Waals surface area contributed by atoms with Crippen LogP contribution in [-0.4, -0.2) is 67.6 Å². The monoisotopic (exact) mass is 1050 g/mol. The van der Waals surface area contributed by atoms with Gasteiger partial charge < -0.3 is 9.29 Å². The largest absolute Gasteiger partial charge is 0.534 e. The number of hydrogen-bond acceptors (Lipinski definition) is 12. The van der Waals surface area contributed by atoms with E-state index in [1.807, 2.05) is 66.7 Å². The Bertz CT molecular complexity index is 3660. The van der Waals surface area contributed by atoms with Gasteiger partial charge in [0.2, 0.25) is 10.0 Å². The zero-order chi connectivity index (χ0) is 51.2. The molecule has 13 nitrogen and oxygen atoms in total. The van der Waals surface area contributed by atoms with Crippen molar-refractivity contribution in [3.05, 3.63) is 188 Å². The molecule has 0 amide bonds. The van der Waals surface area contributed by atoms with E-state index in [1.165, 1.54) is 30.5 Å². The summed E-state index contributed by atoms with van der Waals surface area (Å²) in [4.78, 5) is 17.5. The first-order valence-corrected chi connectivity index (χ1v) is 25.1. The Kier molecular flexibility index (Phi) is 16.0. The van der Waals surface area contributed by atoms with E-state index in [4.69, 9.17) is 0 Å². The van der Waals surface area contributed by atoms with Crippen molar-refractivity contribution in [3.63, 3.8) is 0 Å². The van der Waals surface area contributed by atoms with Gasteiger partial charge in [0.1, 0.15) is 16.8 Å². The van der Waals surface area contributed by atoms with Gasteiger partial charge in [0.25, 0.3) is 0 Å². The van der Waals surface area contributed by atoms with Crippen molar-refractivity contribution >= 4 is 57.7 Å². The molecule has 0 aliphatic rings. The molecule has 0 aliphatic carbocycles. The number of rotatable bonds is 9. The molecule has 9 rings (SSSR count). The highest BCUT2D eigenvalue weighted by Gasteiger charge is 2.53.